The van der Waals surface area contributed by atoms with Gasteiger partial charge in [0.2, 0.25) is 5.72 Å². The van der Waals surface area contributed by atoms with Gasteiger partial charge in [0.25, 0.3) is 0 Å². The van der Waals surface area contributed by atoms with Crippen molar-refractivity contribution < 1.29 is 10.2 Å². The van der Waals surface area contributed by atoms with Crippen LogP contribution in [0.4, 0.5) is 0 Å². The van der Waals surface area contributed by atoms with Crippen LogP contribution < -0.4 is 5.32 Å². The standard InChI is InChI=1S/C12H16N2O2/c1-3-12(16)11(2,15)13-10(14-12)9-7-5-4-6-8-9/h4-8,15-16H,3H2,1-2H3,(H,13,14). The number of aliphatic hydroxyl groups is 2. The quantitative estimate of drug-likeness (QED) is 0.692. The van der Waals surface area contributed by atoms with E-state index in [2.05, 4.69) is 10.3 Å². The van der Waals surface area contributed by atoms with Gasteiger partial charge in [-0.05, 0) is 13.3 Å². The average Bonchev–Trinajstić information content (AvgIpc) is 2.52. The highest BCUT2D eigenvalue weighted by molar-refractivity contribution is 6.00. The molecule has 86 valence electrons. The second-order valence-corrected chi connectivity index (χ2v) is 4.19. The fourth-order valence-electron chi connectivity index (χ4n) is 1.81. The Morgan fingerprint density at radius 2 is 1.88 bits per heavy atom. The zero-order valence-corrected chi connectivity index (χ0v) is 9.44. The maximum Gasteiger partial charge on any atom is 0.205 e. The molecule has 0 spiro atoms. The van der Waals surface area contributed by atoms with E-state index < -0.39 is 11.4 Å². The first-order chi connectivity index (χ1) is 7.48. The lowest BCUT2D eigenvalue weighted by molar-refractivity contribution is -0.135. The molecule has 0 saturated heterocycles. The lowest BCUT2D eigenvalue weighted by Gasteiger charge is -2.31. The normalized spacial score (nSPS) is 33.4. The van der Waals surface area contributed by atoms with E-state index in [1.807, 2.05) is 30.3 Å². The molecule has 16 heavy (non-hydrogen) atoms. The minimum atomic E-state index is -1.46. The Morgan fingerprint density at radius 3 is 2.38 bits per heavy atom. The molecule has 1 heterocycles. The van der Waals surface area contributed by atoms with Crippen LogP contribution in [0.25, 0.3) is 0 Å². The summed E-state index contributed by atoms with van der Waals surface area (Å²) in [5, 5.41) is 23.1. The molecule has 1 aromatic carbocycles. The van der Waals surface area contributed by atoms with Crippen LogP contribution >= 0.6 is 0 Å². The summed E-state index contributed by atoms with van der Waals surface area (Å²) in [4.78, 5) is 4.17. The zero-order chi connectivity index (χ0) is 11.8. The zero-order valence-electron chi connectivity index (χ0n) is 9.44. The Kier molecular flexibility index (Phi) is 2.48. The van der Waals surface area contributed by atoms with Gasteiger partial charge in [0.05, 0.1) is 0 Å². The predicted octanol–water partition coefficient (Wildman–Crippen LogP) is 0.843. The number of rotatable bonds is 2. The van der Waals surface area contributed by atoms with Crippen molar-refractivity contribution in [2.75, 3.05) is 0 Å². The highest BCUT2D eigenvalue weighted by Crippen LogP contribution is 2.30. The van der Waals surface area contributed by atoms with E-state index in [0.717, 1.165) is 5.56 Å². The van der Waals surface area contributed by atoms with Gasteiger partial charge >= 0.3 is 0 Å². The molecule has 3 N–H and O–H groups in total. The molecule has 0 aromatic heterocycles. The van der Waals surface area contributed by atoms with Crippen molar-refractivity contribution in [3.8, 4) is 0 Å². The van der Waals surface area contributed by atoms with Gasteiger partial charge in [-0.2, -0.15) is 0 Å². The van der Waals surface area contributed by atoms with Crippen LogP contribution in [0.15, 0.2) is 35.3 Å². The molecule has 0 radical (unpaired) electrons. The summed E-state index contributed by atoms with van der Waals surface area (Å²) < 4.78 is 0. The summed E-state index contributed by atoms with van der Waals surface area (Å²) in [6.07, 6.45) is 0.351. The largest absolute Gasteiger partial charge is 0.367 e. The van der Waals surface area contributed by atoms with E-state index in [9.17, 15) is 10.2 Å². The van der Waals surface area contributed by atoms with Crippen molar-refractivity contribution in [2.24, 2.45) is 4.99 Å². The molecule has 1 aromatic rings. The Morgan fingerprint density at radius 1 is 1.25 bits per heavy atom. The molecule has 4 heteroatoms. The van der Waals surface area contributed by atoms with Crippen molar-refractivity contribution in [1.82, 2.24) is 5.32 Å². The lowest BCUT2D eigenvalue weighted by atomic mass is 10.0. The van der Waals surface area contributed by atoms with Gasteiger partial charge in [0, 0.05) is 5.56 Å². The van der Waals surface area contributed by atoms with Crippen molar-refractivity contribution in [3.63, 3.8) is 0 Å². The van der Waals surface area contributed by atoms with E-state index >= 15 is 0 Å². The van der Waals surface area contributed by atoms with E-state index in [0.29, 0.717) is 12.3 Å². The highest BCUT2D eigenvalue weighted by atomic mass is 16.4. The Balaban J connectivity index is 2.38. The van der Waals surface area contributed by atoms with Crippen LogP contribution in [0, 0.1) is 0 Å². The SMILES string of the molecule is CCC1(O)N=C(c2ccccc2)NC1(C)O. The van der Waals surface area contributed by atoms with Crippen molar-refractivity contribution in [3.05, 3.63) is 35.9 Å². The third-order valence-corrected chi connectivity index (χ3v) is 2.98. The van der Waals surface area contributed by atoms with E-state index in [1.54, 1.807) is 6.92 Å². The number of benzene rings is 1. The van der Waals surface area contributed by atoms with E-state index in [-0.39, 0.29) is 0 Å². The molecule has 0 aliphatic carbocycles. The maximum absolute atomic E-state index is 10.2. The van der Waals surface area contributed by atoms with E-state index in [4.69, 9.17) is 0 Å². The van der Waals surface area contributed by atoms with Crippen molar-refractivity contribution in [2.45, 2.75) is 31.7 Å². The van der Waals surface area contributed by atoms with Crippen LogP contribution in [0.5, 0.6) is 0 Å². The number of aliphatic imine (C=N–C) groups is 1. The van der Waals surface area contributed by atoms with Crippen molar-refractivity contribution in [1.29, 1.82) is 0 Å². The summed E-state index contributed by atoms with van der Waals surface area (Å²) in [5.41, 5.74) is -2.03. The Labute approximate surface area is 94.6 Å². The van der Waals surface area contributed by atoms with Gasteiger partial charge in [-0.3, -0.25) is 0 Å². The molecule has 0 fully saturated rings. The lowest BCUT2D eigenvalue weighted by Crippen LogP contribution is -2.55. The van der Waals surface area contributed by atoms with Gasteiger partial charge in [0.1, 0.15) is 5.84 Å². The molecular formula is C12H16N2O2. The molecule has 2 rings (SSSR count). The fraction of sp³-hybridized carbons (Fsp3) is 0.417. The third-order valence-electron chi connectivity index (χ3n) is 2.98. The third kappa shape index (κ3) is 1.60. The van der Waals surface area contributed by atoms with Crippen LogP contribution in [-0.2, 0) is 0 Å². The van der Waals surface area contributed by atoms with Crippen LogP contribution in [0.3, 0.4) is 0 Å². The van der Waals surface area contributed by atoms with Gasteiger partial charge in [0.15, 0.2) is 5.72 Å². The minimum Gasteiger partial charge on any atom is -0.367 e. The van der Waals surface area contributed by atoms with Crippen LogP contribution in [0.2, 0.25) is 0 Å². The second kappa shape index (κ2) is 3.57. The maximum atomic E-state index is 10.2. The number of nitrogens with one attached hydrogen (secondary N) is 1. The molecule has 2 unspecified atom stereocenters. The number of nitrogens with zero attached hydrogens (tertiary/aromatic N) is 1. The number of hydrogen-bond donors (Lipinski definition) is 3. The molecule has 4 nitrogen and oxygen atoms in total. The molecule has 2 atom stereocenters. The Bertz CT molecular complexity index is 414. The van der Waals surface area contributed by atoms with Gasteiger partial charge in [-0.1, -0.05) is 37.3 Å². The molecule has 0 amide bonds. The topological polar surface area (TPSA) is 64.9 Å². The first-order valence-corrected chi connectivity index (χ1v) is 5.37. The predicted molar refractivity (Wildman–Crippen MR) is 62.0 cm³/mol. The summed E-state index contributed by atoms with van der Waals surface area (Å²) in [6.45, 7) is 3.31. The molecule has 0 bridgehead atoms. The molecule has 1 aliphatic heterocycles. The molecular weight excluding hydrogens is 204 g/mol. The summed E-state index contributed by atoms with van der Waals surface area (Å²) >= 11 is 0. The van der Waals surface area contributed by atoms with E-state index in [1.165, 1.54) is 6.92 Å². The summed E-state index contributed by atoms with van der Waals surface area (Å²) in [7, 11) is 0. The van der Waals surface area contributed by atoms with Crippen LogP contribution in [0.1, 0.15) is 25.8 Å². The number of amidine groups is 1. The fourth-order valence-corrected chi connectivity index (χ4v) is 1.81. The van der Waals surface area contributed by atoms with Gasteiger partial charge < -0.3 is 15.5 Å². The Hall–Kier alpha value is -1.39. The number of hydrogen-bond acceptors (Lipinski definition) is 4. The molecule has 1 aliphatic rings. The second-order valence-electron chi connectivity index (χ2n) is 4.19. The van der Waals surface area contributed by atoms with Crippen molar-refractivity contribution >= 4 is 5.84 Å². The summed E-state index contributed by atoms with van der Waals surface area (Å²) in [5.74, 6) is 0.523. The van der Waals surface area contributed by atoms with Gasteiger partial charge in [-0.15, -0.1) is 0 Å². The smallest absolute Gasteiger partial charge is 0.205 e. The first-order valence-electron chi connectivity index (χ1n) is 5.37. The van der Waals surface area contributed by atoms with Gasteiger partial charge in [-0.25, -0.2) is 4.99 Å². The minimum absolute atomic E-state index is 0.351. The summed E-state index contributed by atoms with van der Waals surface area (Å²) in [6, 6.07) is 9.44. The monoisotopic (exact) mass is 220 g/mol. The first kappa shape index (κ1) is 11.1. The average molecular weight is 220 g/mol. The van der Waals surface area contributed by atoms with Crippen LogP contribution in [-0.4, -0.2) is 27.5 Å². The highest BCUT2D eigenvalue weighted by Gasteiger charge is 2.50. The molecule has 0 saturated carbocycles.